The average molecular weight is 442 g/mol. The molecule has 1 aliphatic rings. The first kappa shape index (κ1) is 21.3. The monoisotopic (exact) mass is 441 g/mol. The third-order valence-electron chi connectivity index (χ3n) is 6.22. The van der Waals surface area contributed by atoms with Crippen LogP contribution in [0.3, 0.4) is 0 Å². The lowest BCUT2D eigenvalue weighted by Crippen LogP contribution is -2.33. The summed E-state index contributed by atoms with van der Waals surface area (Å²) in [5, 5.41) is 10.7. The first-order chi connectivity index (χ1) is 16.2. The van der Waals surface area contributed by atoms with Crippen LogP contribution in [0.5, 0.6) is 11.5 Å². The van der Waals surface area contributed by atoms with Crippen molar-refractivity contribution in [2.45, 2.75) is 19.3 Å². The summed E-state index contributed by atoms with van der Waals surface area (Å²) >= 11 is 0. The Balaban J connectivity index is 1.48. The summed E-state index contributed by atoms with van der Waals surface area (Å²) < 4.78 is 11.6. The summed E-state index contributed by atoms with van der Waals surface area (Å²) in [5.74, 6) is 0.864. The summed E-state index contributed by atoms with van der Waals surface area (Å²) in [7, 11) is 0. The summed E-state index contributed by atoms with van der Waals surface area (Å²) in [6.45, 7) is 3.91. The molecule has 0 aliphatic carbocycles. The zero-order valence-corrected chi connectivity index (χ0v) is 18.5. The molecule has 1 aromatic heterocycles. The molecule has 5 nitrogen and oxygen atoms in total. The van der Waals surface area contributed by atoms with Crippen molar-refractivity contribution < 1.29 is 14.3 Å². The van der Waals surface area contributed by atoms with Crippen molar-refractivity contribution in [2.24, 2.45) is 0 Å². The van der Waals surface area contributed by atoms with E-state index in [1.165, 1.54) is 25.3 Å². The molecule has 1 saturated heterocycles. The number of piperidine rings is 1. The van der Waals surface area contributed by atoms with Crippen LogP contribution < -0.4 is 10.4 Å². The van der Waals surface area contributed by atoms with Crippen molar-refractivity contribution in [1.82, 2.24) is 4.90 Å². The van der Waals surface area contributed by atoms with E-state index < -0.39 is 5.63 Å². The van der Waals surface area contributed by atoms with Gasteiger partial charge in [0, 0.05) is 23.6 Å². The first-order valence-corrected chi connectivity index (χ1v) is 11.5. The lowest BCUT2D eigenvalue weighted by molar-refractivity contribution is 0.183. The van der Waals surface area contributed by atoms with Crippen LogP contribution in [0.2, 0.25) is 0 Å². The number of rotatable bonds is 6. The van der Waals surface area contributed by atoms with E-state index in [0.29, 0.717) is 17.8 Å². The van der Waals surface area contributed by atoms with Gasteiger partial charge in [-0.2, -0.15) is 0 Å². The average Bonchev–Trinajstić information content (AvgIpc) is 2.85. The molecular formula is C28H27NO4. The van der Waals surface area contributed by atoms with Crippen LogP contribution in [-0.4, -0.2) is 36.2 Å². The van der Waals surface area contributed by atoms with Crippen molar-refractivity contribution in [2.75, 3.05) is 26.2 Å². The Bertz CT molecular complexity index is 1290. The van der Waals surface area contributed by atoms with Crippen LogP contribution in [0, 0.1) is 0 Å². The zero-order chi connectivity index (χ0) is 22.6. The van der Waals surface area contributed by atoms with E-state index in [2.05, 4.69) is 4.90 Å². The van der Waals surface area contributed by atoms with Gasteiger partial charge in [-0.05, 0) is 61.3 Å². The van der Waals surface area contributed by atoms with Gasteiger partial charge in [0.2, 0.25) is 0 Å². The van der Waals surface area contributed by atoms with Gasteiger partial charge in [0.15, 0.2) is 0 Å². The Morgan fingerprint density at radius 3 is 2.33 bits per heavy atom. The van der Waals surface area contributed by atoms with Gasteiger partial charge in [-0.15, -0.1) is 0 Å². The normalized spacial score (nSPS) is 14.4. The molecule has 5 heteroatoms. The van der Waals surface area contributed by atoms with Gasteiger partial charge in [-0.3, -0.25) is 4.90 Å². The van der Waals surface area contributed by atoms with E-state index in [0.717, 1.165) is 47.5 Å². The van der Waals surface area contributed by atoms with Crippen molar-refractivity contribution >= 4 is 11.0 Å². The van der Waals surface area contributed by atoms with Gasteiger partial charge in [0.05, 0.1) is 5.56 Å². The molecule has 1 aliphatic heterocycles. The highest BCUT2D eigenvalue weighted by molar-refractivity contribution is 6.01. The molecule has 1 fully saturated rings. The molecule has 0 atom stereocenters. The maximum atomic E-state index is 13.0. The molecule has 3 aromatic carbocycles. The van der Waals surface area contributed by atoms with E-state index in [1.807, 2.05) is 54.6 Å². The number of hydrogen-bond donors (Lipinski definition) is 1. The second kappa shape index (κ2) is 9.51. The third-order valence-corrected chi connectivity index (χ3v) is 6.22. The smallest absolute Gasteiger partial charge is 0.344 e. The largest absolute Gasteiger partial charge is 0.508 e. The standard InChI is InChI=1S/C28H27NO4/c30-22-11-14-24-25(19-22)33-28(31)27(20-7-3-1-4-8-20)26(24)21-9-12-23(13-10-21)32-18-17-29-15-5-2-6-16-29/h1,3-4,7-14,19,30H,2,5-6,15-18H2. The van der Waals surface area contributed by atoms with Gasteiger partial charge in [0.25, 0.3) is 0 Å². The summed E-state index contributed by atoms with van der Waals surface area (Å²) in [4.78, 5) is 15.5. The quantitative estimate of drug-likeness (QED) is 0.389. The van der Waals surface area contributed by atoms with Crippen LogP contribution in [0.25, 0.3) is 33.2 Å². The molecule has 1 N–H and O–H groups in total. The number of benzene rings is 3. The van der Waals surface area contributed by atoms with Crippen molar-refractivity contribution in [3.8, 4) is 33.8 Å². The number of phenols is 1. The van der Waals surface area contributed by atoms with Crippen LogP contribution in [0.15, 0.2) is 82.0 Å². The highest BCUT2D eigenvalue weighted by Crippen LogP contribution is 2.37. The molecule has 2 heterocycles. The molecule has 33 heavy (non-hydrogen) atoms. The lowest BCUT2D eigenvalue weighted by atomic mass is 9.93. The van der Waals surface area contributed by atoms with E-state index in [9.17, 15) is 9.90 Å². The topological polar surface area (TPSA) is 62.9 Å². The van der Waals surface area contributed by atoms with Crippen LogP contribution in [0.4, 0.5) is 0 Å². The summed E-state index contributed by atoms with van der Waals surface area (Å²) in [6.07, 6.45) is 3.88. The van der Waals surface area contributed by atoms with Gasteiger partial charge in [-0.1, -0.05) is 48.9 Å². The Kier molecular flexibility index (Phi) is 6.13. The SMILES string of the molecule is O=c1oc2cc(O)ccc2c(-c2ccc(OCCN3CCCCC3)cc2)c1-c1ccccc1. The molecule has 0 amide bonds. The third kappa shape index (κ3) is 4.64. The van der Waals surface area contributed by atoms with E-state index in [-0.39, 0.29) is 5.75 Å². The minimum Gasteiger partial charge on any atom is -0.508 e. The van der Waals surface area contributed by atoms with Crippen molar-refractivity contribution in [1.29, 1.82) is 0 Å². The summed E-state index contributed by atoms with van der Waals surface area (Å²) in [5.41, 5.74) is 2.89. The van der Waals surface area contributed by atoms with Gasteiger partial charge in [-0.25, -0.2) is 4.79 Å². The van der Waals surface area contributed by atoms with E-state index in [4.69, 9.17) is 9.15 Å². The maximum Gasteiger partial charge on any atom is 0.344 e. The van der Waals surface area contributed by atoms with Gasteiger partial charge >= 0.3 is 5.63 Å². The predicted molar refractivity (Wildman–Crippen MR) is 131 cm³/mol. The Hall–Kier alpha value is -3.57. The number of nitrogens with zero attached hydrogens (tertiary/aromatic N) is 1. The summed E-state index contributed by atoms with van der Waals surface area (Å²) in [6, 6.07) is 22.2. The molecule has 4 aromatic rings. The van der Waals surface area contributed by atoms with E-state index >= 15 is 0 Å². The molecule has 168 valence electrons. The van der Waals surface area contributed by atoms with Gasteiger partial charge in [0.1, 0.15) is 23.7 Å². The van der Waals surface area contributed by atoms with Crippen LogP contribution in [0.1, 0.15) is 19.3 Å². The van der Waals surface area contributed by atoms with Crippen molar-refractivity contribution in [3.63, 3.8) is 0 Å². The fourth-order valence-corrected chi connectivity index (χ4v) is 4.55. The number of ether oxygens (including phenoxy) is 1. The first-order valence-electron chi connectivity index (χ1n) is 11.5. The maximum absolute atomic E-state index is 13.0. The number of aromatic hydroxyl groups is 1. The van der Waals surface area contributed by atoms with Gasteiger partial charge < -0.3 is 14.3 Å². The molecule has 0 unspecified atom stereocenters. The van der Waals surface area contributed by atoms with Crippen molar-refractivity contribution in [3.05, 3.63) is 83.2 Å². The second-order valence-corrected chi connectivity index (χ2v) is 8.46. The molecule has 0 bridgehead atoms. The minimum atomic E-state index is -0.434. The number of phenolic OH excluding ortho intramolecular Hbond substituents is 1. The molecule has 0 radical (unpaired) electrons. The molecule has 0 saturated carbocycles. The Labute approximate surface area is 192 Å². The highest BCUT2D eigenvalue weighted by atomic mass is 16.5. The Morgan fingerprint density at radius 1 is 0.848 bits per heavy atom. The number of likely N-dealkylation sites (tertiary alicyclic amines) is 1. The fourth-order valence-electron chi connectivity index (χ4n) is 4.55. The highest BCUT2D eigenvalue weighted by Gasteiger charge is 2.18. The Morgan fingerprint density at radius 2 is 1.58 bits per heavy atom. The predicted octanol–water partition coefficient (Wildman–Crippen LogP) is 5.70. The van der Waals surface area contributed by atoms with Crippen LogP contribution in [-0.2, 0) is 0 Å². The second-order valence-electron chi connectivity index (χ2n) is 8.46. The van der Waals surface area contributed by atoms with Crippen LogP contribution >= 0.6 is 0 Å². The molecular weight excluding hydrogens is 414 g/mol. The fraction of sp³-hybridized carbons (Fsp3) is 0.250. The number of hydrogen-bond acceptors (Lipinski definition) is 5. The zero-order valence-electron chi connectivity index (χ0n) is 18.5. The number of fused-ring (bicyclic) bond motifs is 1. The van der Waals surface area contributed by atoms with E-state index in [1.54, 1.807) is 12.1 Å². The minimum absolute atomic E-state index is 0.0570. The molecule has 0 spiro atoms. The molecule has 5 rings (SSSR count). The lowest BCUT2D eigenvalue weighted by Gasteiger charge is -2.26.